The minimum Gasteiger partial charge on any atom is -0.496 e. The van der Waals surface area contributed by atoms with Crippen molar-refractivity contribution in [2.75, 3.05) is 20.2 Å². The van der Waals surface area contributed by atoms with Crippen molar-refractivity contribution in [2.45, 2.75) is 45.3 Å². The zero-order valence-corrected chi connectivity index (χ0v) is 12.8. The lowest BCUT2D eigenvalue weighted by Gasteiger charge is -2.31. The second kappa shape index (κ2) is 6.26. The van der Waals surface area contributed by atoms with Gasteiger partial charge in [-0.2, -0.15) is 13.2 Å². The molecule has 2 nitrogen and oxygen atoms in total. The molecule has 0 saturated heterocycles. The molecule has 0 unspecified atom stereocenters. The van der Waals surface area contributed by atoms with Crippen molar-refractivity contribution in [1.29, 1.82) is 0 Å². The number of hydrogen-bond donors (Lipinski definition) is 0. The van der Waals surface area contributed by atoms with E-state index in [1.54, 1.807) is 7.11 Å². The summed E-state index contributed by atoms with van der Waals surface area (Å²) < 4.78 is 42.4. The van der Waals surface area contributed by atoms with Crippen LogP contribution in [-0.4, -0.2) is 31.3 Å². The average Bonchev–Trinajstić information content (AvgIpc) is 2.42. The van der Waals surface area contributed by atoms with Gasteiger partial charge in [0.25, 0.3) is 0 Å². The zero-order chi connectivity index (χ0) is 15.6. The summed E-state index contributed by atoms with van der Waals surface area (Å²) in [6, 6.07) is 3.92. The van der Waals surface area contributed by atoms with Gasteiger partial charge >= 0.3 is 6.18 Å². The summed E-state index contributed by atoms with van der Waals surface area (Å²) in [6.45, 7) is 5.58. The highest BCUT2D eigenvalue weighted by molar-refractivity contribution is 5.48. The highest BCUT2D eigenvalue weighted by Crippen LogP contribution is 2.35. The van der Waals surface area contributed by atoms with Crippen molar-refractivity contribution in [2.24, 2.45) is 0 Å². The van der Waals surface area contributed by atoms with Crippen LogP contribution in [0.4, 0.5) is 13.2 Å². The molecule has 0 fully saturated rings. The van der Waals surface area contributed by atoms with Gasteiger partial charge in [0, 0.05) is 25.2 Å². The molecule has 0 radical (unpaired) electrons. The van der Waals surface area contributed by atoms with Crippen molar-refractivity contribution in [3.8, 4) is 5.75 Å². The third kappa shape index (κ3) is 3.90. The zero-order valence-electron chi connectivity index (χ0n) is 12.8. The molecule has 0 atom stereocenters. The molecule has 2 rings (SSSR count). The fourth-order valence-corrected chi connectivity index (χ4v) is 3.01. The summed E-state index contributed by atoms with van der Waals surface area (Å²) in [7, 11) is 1.66. The van der Waals surface area contributed by atoms with Gasteiger partial charge in [0.2, 0.25) is 0 Å². The van der Waals surface area contributed by atoms with Crippen LogP contribution in [0.5, 0.6) is 5.75 Å². The van der Waals surface area contributed by atoms with E-state index in [1.165, 1.54) is 11.1 Å². The Morgan fingerprint density at radius 2 is 2.00 bits per heavy atom. The molecule has 0 N–H and O–H groups in total. The SMILES string of the molecule is COc1ccc2c(c1C(C)C)CCN(CCC(F)(F)F)C2. The predicted molar refractivity (Wildman–Crippen MR) is 76.7 cm³/mol. The fourth-order valence-electron chi connectivity index (χ4n) is 3.01. The average molecular weight is 301 g/mol. The second-order valence-electron chi connectivity index (χ2n) is 5.87. The van der Waals surface area contributed by atoms with Gasteiger partial charge in [-0.1, -0.05) is 19.9 Å². The summed E-state index contributed by atoms with van der Waals surface area (Å²) in [5, 5.41) is 0. The quantitative estimate of drug-likeness (QED) is 0.829. The Balaban J connectivity index is 2.17. The third-order valence-electron chi connectivity index (χ3n) is 3.99. The lowest BCUT2D eigenvalue weighted by Crippen LogP contribution is -2.34. The lowest BCUT2D eigenvalue weighted by atomic mass is 9.88. The molecule has 0 aromatic heterocycles. The van der Waals surface area contributed by atoms with Gasteiger partial charge in [0.1, 0.15) is 5.75 Å². The van der Waals surface area contributed by atoms with Crippen LogP contribution in [0.2, 0.25) is 0 Å². The largest absolute Gasteiger partial charge is 0.496 e. The molecule has 1 aromatic rings. The first-order valence-electron chi connectivity index (χ1n) is 7.29. The van der Waals surface area contributed by atoms with Crippen LogP contribution in [0.3, 0.4) is 0 Å². The Labute approximate surface area is 123 Å². The number of rotatable bonds is 4. The Kier molecular flexibility index (Phi) is 4.81. The molecule has 118 valence electrons. The number of halogens is 3. The molecular formula is C16H22F3NO. The van der Waals surface area contributed by atoms with E-state index >= 15 is 0 Å². The van der Waals surface area contributed by atoms with Crippen LogP contribution < -0.4 is 4.74 Å². The van der Waals surface area contributed by atoms with E-state index in [1.807, 2.05) is 17.0 Å². The van der Waals surface area contributed by atoms with Crippen LogP contribution in [-0.2, 0) is 13.0 Å². The van der Waals surface area contributed by atoms with E-state index in [0.29, 0.717) is 19.0 Å². The second-order valence-corrected chi connectivity index (χ2v) is 5.87. The molecule has 0 saturated carbocycles. The maximum absolute atomic E-state index is 12.3. The molecule has 0 amide bonds. The fraction of sp³-hybridized carbons (Fsp3) is 0.625. The van der Waals surface area contributed by atoms with Gasteiger partial charge in [-0.25, -0.2) is 0 Å². The minimum atomic E-state index is -4.08. The summed E-state index contributed by atoms with van der Waals surface area (Å²) in [6.07, 6.45) is -4.03. The third-order valence-corrected chi connectivity index (χ3v) is 3.99. The Bertz CT molecular complexity index is 497. The Morgan fingerprint density at radius 1 is 1.29 bits per heavy atom. The smallest absolute Gasteiger partial charge is 0.390 e. The van der Waals surface area contributed by atoms with Crippen LogP contribution in [0.15, 0.2) is 12.1 Å². The van der Waals surface area contributed by atoms with Gasteiger partial charge in [-0.3, -0.25) is 4.90 Å². The van der Waals surface area contributed by atoms with Crippen LogP contribution in [0.1, 0.15) is 42.9 Å². The number of nitrogens with zero attached hydrogens (tertiary/aromatic N) is 1. The number of benzene rings is 1. The van der Waals surface area contributed by atoms with Crippen molar-refractivity contribution in [3.63, 3.8) is 0 Å². The highest BCUT2D eigenvalue weighted by atomic mass is 19.4. The van der Waals surface area contributed by atoms with E-state index in [4.69, 9.17) is 4.74 Å². The van der Waals surface area contributed by atoms with Crippen molar-refractivity contribution in [1.82, 2.24) is 4.90 Å². The number of fused-ring (bicyclic) bond motifs is 1. The van der Waals surface area contributed by atoms with Crippen molar-refractivity contribution in [3.05, 3.63) is 28.8 Å². The number of ether oxygens (including phenoxy) is 1. The molecule has 1 aliphatic rings. The highest BCUT2D eigenvalue weighted by Gasteiger charge is 2.29. The minimum absolute atomic E-state index is 0.0754. The molecule has 1 aromatic carbocycles. The summed E-state index contributed by atoms with van der Waals surface area (Å²) in [5.41, 5.74) is 3.59. The van der Waals surface area contributed by atoms with E-state index < -0.39 is 12.6 Å². The summed E-state index contributed by atoms with van der Waals surface area (Å²) in [5.74, 6) is 1.23. The number of methoxy groups -OCH3 is 1. The van der Waals surface area contributed by atoms with Gasteiger partial charge in [-0.05, 0) is 29.5 Å². The van der Waals surface area contributed by atoms with Crippen molar-refractivity contribution < 1.29 is 17.9 Å². The topological polar surface area (TPSA) is 12.5 Å². The van der Waals surface area contributed by atoms with E-state index in [0.717, 1.165) is 17.7 Å². The van der Waals surface area contributed by atoms with Crippen LogP contribution in [0, 0.1) is 0 Å². The first-order chi connectivity index (χ1) is 9.81. The molecular weight excluding hydrogens is 279 g/mol. The van der Waals surface area contributed by atoms with Crippen LogP contribution in [0.25, 0.3) is 0 Å². The van der Waals surface area contributed by atoms with Gasteiger partial charge in [-0.15, -0.1) is 0 Å². The van der Waals surface area contributed by atoms with E-state index in [9.17, 15) is 13.2 Å². The monoisotopic (exact) mass is 301 g/mol. The summed E-state index contributed by atoms with van der Waals surface area (Å²) in [4.78, 5) is 1.88. The summed E-state index contributed by atoms with van der Waals surface area (Å²) >= 11 is 0. The predicted octanol–water partition coefficient (Wildman–Crippen LogP) is 4.13. The van der Waals surface area contributed by atoms with E-state index in [-0.39, 0.29) is 6.54 Å². The molecule has 1 aliphatic heterocycles. The number of hydrogen-bond acceptors (Lipinski definition) is 2. The maximum atomic E-state index is 12.3. The molecule has 0 aliphatic carbocycles. The normalized spacial score (nSPS) is 16.1. The van der Waals surface area contributed by atoms with Crippen molar-refractivity contribution >= 4 is 0 Å². The van der Waals surface area contributed by atoms with Gasteiger partial charge in [0.05, 0.1) is 13.5 Å². The van der Waals surface area contributed by atoms with Crippen LogP contribution >= 0.6 is 0 Å². The van der Waals surface area contributed by atoms with Gasteiger partial charge < -0.3 is 4.74 Å². The molecule has 1 heterocycles. The molecule has 0 spiro atoms. The van der Waals surface area contributed by atoms with Gasteiger partial charge in [0.15, 0.2) is 0 Å². The lowest BCUT2D eigenvalue weighted by molar-refractivity contribution is -0.138. The first kappa shape index (κ1) is 16.1. The number of alkyl halides is 3. The van der Waals surface area contributed by atoms with E-state index in [2.05, 4.69) is 13.8 Å². The first-order valence-corrected chi connectivity index (χ1v) is 7.29. The molecule has 0 bridgehead atoms. The molecule has 5 heteroatoms. The Morgan fingerprint density at radius 3 is 2.57 bits per heavy atom. The standard InChI is InChI=1S/C16H22F3NO/c1-11(2)15-13-6-8-20(9-7-16(17,18)19)10-12(13)4-5-14(15)21-3/h4-5,11H,6-10H2,1-3H3. The Hall–Kier alpha value is -1.23. The molecule has 21 heavy (non-hydrogen) atoms. The maximum Gasteiger partial charge on any atom is 0.390 e.